The number of aliphatic imine (C=N–C) groups is 1. The summed E-state index contributed by atoms with van der Waals surface area (Å²) in [4.78, 5) is 11.9. The Morgan fingerprint density at radius 2 is 1.81 bits per heavy atom. The first-order chi connectivity index (χ1) is 14.9. The van der Waals surface area contributed by atoms with Crippen molar-refractivity contribution in [3.05, 3.63) is 51.5 Å². The molecule has 1 aromatic carbocycles. The van der Waals surface area contributed by atoms with Crippen LogP contribution in [0.2, 0.25) is 0 Å². The third-order valence-corrected chi connectivity index (χ3v) is 6.12. The highest BCUT2D eigenvalue weighted by Gasteiger charge is 2.21. The monoisotopic (exact) mass is 571 g/mol. The minimum Gasteiger partial charge on any atom is -0.373 e. The Labute approximate surface area is 214 Å². The molecule has 2 unspecified atom stereocenters. The van der Waals surface area contributed by atoms with Crippen molar-refractivity contribution in [3.63, 3.8) is 0 Å². The zero-order valence-electron chi connectivity index (χ0n) is 19.9. The van der Waals surface area contributed by atoms with E-state index < -0.39 is 0 Å². The van der Waals surface area contributed by atoms with E-state index in [-0.39, 0.29) is 24.0 Å². The number of hydrogen-bond acceptors (Lipinski definition) is 5. The van der Waals surface area contributed by atoms with E-state index >= 15 is 0 Å². The molecule has 2 N–H and O–H groups in total. The topological polar surface area (TPSA) is 61.8 Å². The third kappa shape index (κ3) is 8.61. The van der Waals surface area contributed by atoms with Gasteiger partial charge in [0.1, 0.15) is 5.01 Å². The Morgan fingerprint density at radius 3 is 2.41 bits per heavy atom. The molecular formula is C24H38IN5OS. The van der Waals surface area contributed by atoms with Crippen LogP contribution in [0.4, 0.5) is 0 Å². The third-order valence-electron chi connectivity index (χ3n) is 5.26. The van der Waals surface area contributed by atoms with Gasteiger partial charge in [0.05, 0.1) is 31.0 Å². The number of nitrogens with one attached hydrogen (secondary N) is 2. The predicted molar refractivity (Wildman–Crippen MR) is 145 cm³/mol. The molecule has 2 heterocycles. The summed E-state index contributed by atoms with van der Waals surface area (Å²) >= 11 is 1.70. The van der Waals surface area contributed by atoms with Gasteiger partial charge in [-0.15, -0.1) is 35.3 Å². The van der Waals surface area contributed by atoms with Gasteiger partial charge in [-0.25, -0.2) is 9.98 Å². The zero-order valence-corrected chi connectivity index (χ0v) is 23.1. The van der Waals surface area contributed by atoms with Crippen LogP contribution in [0.5, 0.6) is 0 Å². The van der Waals surface area contributed by atoms with Crippen LogP contribution in [-0.2, 0) is 24.4 Å². The molecule has 0 saturated carbocycles. The summed E-state index contributed by atoms with van der Waals surface area (Å²) in [5.74, 6) is 1.29. The normalized spacial score (nSPS) is 19.6. The van der Waals surface area contributed by atoms with Gasteiger partial charge in [-0.2, -0.15) is 0 Å². The molecule has 8 heteroatoms. The molecule has 3 rings (SSSR count). The molecule has 2 atom stereocenters. The van der Waals surface area contributed by atoms with E-state index in [0.29, 0.717) is 31.2 Å². The van der Waals surface area contributed by atoms with Crippen LogP contribution in [-0.4, -0.2) is 47.7 Å². The fraction of sp³-hybridized carbons (Fsp3) is 0.583. The smallest absolute Gasteiger partial charge is 0.191 e. The summed E-state index contributed by atoms with van der Waals surface area (Å²) in [5.41, 5.74) is 3.70. The van der Waals surface area contributed by atoms with Crippen LogP contribution < -0.4 is 10.6 Å². The highest BCUT2D eigenvalue weighted by Crippen LogP contribution is 2.18. The van der Waals surface area contributed by atoms with Crippen LogP contribution >= 0.6 is 35.3 Å². The standard InChI is InChI=1S/C24H37N5OS.HI/c1-6-25-24(27-12-23-28-22(16-31-23)17(2)3)26-11-20-7-9-21(10-8-20)15-29-13-18(4)30-19(5)14-29;/h7-10,16-19H,6,11-15H2,1-5H3,(H2,25,26,27);1H. The zero-order chi connectivity index (χ0) is 22.2. The number of thiazole rings is 1. The first-order valence-corrected chi connectivity index (χ1v) is 12.2. The molecule has 1 aliphatic rings. The van der Waals surface area contributed by atoms with E-state index in [2.05, 4.69) is 84.8 Å². The molecule has 0 aliphatic carbocycles. The van der Waals surface area contributed by atoms with Gasteiger partial charge in [0.25, 0.3) is 0 Å². The van der Waals surface area contributed by atoms with Gasteiger partial charge in [0.2, 0.25) is 0 Å². The maximum absolute atomic E-state index is 5.84. The number of ether oxygens (including phenoxy) is 1. The van der Waals surface area contributed by atoms with Gasteiger partial charge in [0, 0.05) is 31.6 Å². The van der Waals surface area contributed by atoms with Gasteiger partial charge in [-0.1, -0.05) is 38.1 Å². The minimum atomic E-state index is 0. The van der Waals surface area contributed by atoms with Crippen LogP contribution in [0.15, 0.2) is 34.6 Å². The van der Waals surface area contributed by atoms with Crippen LogP contribution in [0.3, 0.4) is 0 Å². The molecular weight excluding hydrogens is 533 g/mol. The first kappa shape index (κ1) is 27.0. The lowest BCUT2D eigenvalue weighted by atomic mass is 10.1. The number of nitrogens with zero attached hydrogens (tertiary/aromatic N) is 3. The van der Waals surface area contributed by atoms with E-state index in [1.54, 1.807) is 11.3 Å². The fourth-order valence-electron chi connectivity index (χ4n) is 3.76. The van der Waals surface area contributed by atoms with Crippen LogP contribution in [0, 0.1) is 0 Å². The molecule has 0 spiro atoms. The van der Waals surface area contributed by atoms with Crippen molar-refractivity contribution in [2.24, 2.45) is 4.99 Å². The molecule has 0 bridgehead atoms. The Bertz CT molecular complexity index is 829. The number of aromatic nitrogens is 1. The SMILES string of the molecule is CCNC(=NCc1ccc(CN2CC(C)OC(C)C2)cc1)NCc1nc(C(C)C)cs1.I. The summed E-state index contributed by atoms with van der Waals surface area (Å²) in [6.45, 7) is 15.9. The van der Waals surface area contributed by atoms with Crippen molar-refractivity contribution in [2.75, 3.05) is 19.6 Å². The Morgan fingerprint density at radius 1 is 1.16 bits per heavy atom. The molecule has 6 nitrogen and oxygen atoms in total. The lowest BCUT2D eigenvalue weighted by molar-refractivity contribution is -0.0704. The van der Waals surface area contributed by atoms with Gasteiger partial charge in [-0.3, -0.25) is 4.90 Å². The van der Waals surface area contributed by atoms with Gasteiger partial charge >= 0.3 is 0 Å². The van der Waals surface area contributed by atoms with Crippen molar-refractivity contribution in [1.29, 1.82) is 0 Å². The molecule has 32 heavy (non-hydrogen) atoms. The number of rotatable bonds is 8. The predicted octanol–water partition coefficient (Wildman–Crippen LogP) is 4.75. The Hall–Kier alpha value is -1.23. The average molecular weight is 572 g/mol. The minimum absolute atomic E-state index is 0. The second kappa shape index (κ2) is 13.5. The largest absolute Gasteiger partial charge is 0.373 e. The van der Waals surface area contributed by atoms with Gasteiger partial charge in [-0.05, 0) is 37.8 Å². The lowest BCUT2D eigenvalue weighted by Crippen LogP contribution is -2.44. The van der Waals surface area contributed by atoms with Gasteiger partial charge in [0.15, 0.2) is 5.96 Å². The second-order valence-electron chi connectivity index (χ2n) is 8.64. The molecule has 2 aromatic rings. The maximum atomic E-state index is 5.84. The summed E-state index contributed by atoms with van der Waals surface area (Å²) in [6.07, 6.45) is 0.603. The molecule has 0 amide bonds. The maximum Gasteiger partial charge on any atom is 0.191 e. The van der Waals surface area contributed by atoms with Crippen molar-refractivity contribution >= 4 is 41.3 Å². The number of guanidine groups is 1. The number of hydrogen-bond donors (Lipinski definition) is 2. The van der Waals surface area contributed by atoms with E-state index in [1.165, 1.54) is 11.1 Å². The van der Waals surface area contributed by atoms with Gasteiger partial charge < -0.3 is 15.4 Å². The molecule has 1 fully saturated rings. The van der Waals surface area contributed by atoms with Crippen LogP contribution in [0.25, 0.3) is 0 Å². The summed E-state index contributed by atoms with van der Waals surface area (Å²) in [6, 6.07) is 8.81. The summed E-state index contributed by atoms with van der Waals surface area (Å²) in [7, 11) is 0. The lowest BCUT2D eigenvalue weighted by Gasteiger charge is -2.35. The second-order valence-corrected chi connectivity index (χ2v) is 9.58. The summed E-state index contributed by atoms with van der Waals surface area (Å²) < 4.78 is 5.84. The molecule has 1 saturated heterocycles. The number of morpholine rings is 1. The Balaban J connectivity index is 0.00000363. The van der Waals surface area contributed by atoms with E-state index in [0.717, 1.165) is 42.8 Å². The number of benzene rings is 1. The van der Waals surface area contributed by atoms with Crippen molar-refractivity contribution in [3.8, 4) is 0 Å². The van der Waals surface area contributed by atoms with Crippen molar-refractivity contribution in [2.45, 2.75) is 72.4 Å². The molecule has 0 radical (unpaired) electrons. The fourth-order valence-corrected chi connectivity index (χ4v) is 4.66. The molecule has 1 aromatic heterocycles. The highest BCUT2D eigenvalue weighted by molar-refractivity contribution is 14.0. The quantitative estimate of drug-likeness (QED) is 0.272. The van der Waals surface area contributed by atoms with Crippen molar-refractivity contribution in [1.82, 2.24) is 20.5 Å². The van der Waals surface area contributed by atoms with Crippen LogP contribution in [0.1, 0.15) is 62.4 Å². The highest BCUT2D eigenvalue weighted by atomic mass is 127. The number of halogens is 1. The van der Waals surface area contributed by atoms with E-state index in [9.17, 15) is 0 Å². The molecule has 1 aliphatic heterocycles. The summed E-state index contributed by atoms with van der Waals surface area (Å²) in [5, 5.41) is 9.96. The van der Waals surface area contributed by atoms with Crippen molar-refractivity contribution < 1.29 is 4.74 Å². The average Bonchev–Trinajstić information content (AvgIpc) is 3.20. The Kier molecular flexibility index (Phi) is 11.4. The van der Waals surface area contributed by atoms with E-state index in [1.807, 2.05) is 0 Å². The molecule has 178 valence electrons. The first-order valence-electron chi connectivity index (χ1n) is 11.3. The van der Waals surface area contributed by atoms with E-state index in [4.69, 9.17) is 9.73 Å².